The first kappa shape index (κ1) is 13.1. The van der Waals surface area contributed by atoms with Crippen LogP contribution >= 0.6 is 11.8 Å². The lowest BCUT2D eigenvalue weighted by atomic mass is 9.97. The van der Waals surface area contributed by atoms with Gasteiger partial charge in [-0.15, -0.1) is 11.8 Å². The summed E-state index contributed by atoms with van der Waals surface area (Å²) in [5, 5.41) is 4.65. The standard InChI is InChI=1S/C14H19N3S/c1-14(2,3)10-17-8-6-12(16-17)11-5-7-15-9-13(11)18-4/h5-9H,10H2,1-4H3. The van der Waals surface area contributed by atoms with E-state index in [4.69, 9.17) is 0 Å². The van der Waals surface area contributed by atoms with Crippen LogP contribution in [0.2, 0.25) is 0 Å². The van der Waals surface area contributed by atoms with Crippen LogP contribution in [0.15, 0.2) is 35.6 Å². The van der Waals surface area contributed by atoms with Crippen molar-refractivity contribution in [3.63, 3.8) is 0 Å². The Bertz CT molecular complexity index is 526. The van der Waals surface area contributed by atoms with Gasteiger partial charge in [0, 0.05) is 35.6 Å². The highest BCUT2D eigenvalue weighted by molar-refractivity contribution is 7.98. The van der Waals surface area contributed by atoms with Gasteiger partial charge in [-0.1, -0.05) is 20.8 Å². The largest absolute Gasteiger partial charge is 0.272 e. The van der Waals surface area contributed by atoms with Crippen LogP contribution in [-0.2, 0) is 6.54 Å². The van der Waals surface area contributed by atoms with E-state index in [1.165, 1.54) is 4.90 Å². The molecule has 0 bridgehead atoms. The van der Waals surface area contributed by atoms with Gasteiger partial charge in [-0.05, 0) is 23.8 Å². The Labute approximate surface area is 113 Å². The molecule has 2 rings (SSSR count). The molecule has 0 aliphatic heterocycles. The van der Waals surface area contributed by atoms with E-state index in [2.05, 4.69) is 43.2 Å². The Kier molecular flexibility index (Phi) is 3.76. The fourth-order valence-corrected chi connectivity index (χ4v) is 2.39. The fraction of sp³-hybridized carbons (Fsp3) is 0.429. The van der Waals surface area contributed by atoms with E-state index in [0.29, 0.717) is 0 Å². The quantitative estimate of drug-likeness (QED) is 0.789. The van der Waals surface area contributed by atoms with Crippen LogP contribution in [-0.4, -0.2) is 21.0 Å². The first-order chi connectivity index (χ1) is 8.49. The summed E-state index contributed by atoms with van der Waals surface area (Å²) in [6.07, 6.45) is 7.82. The Balaban J connectivity index is 2.29. The first-order valence-electron chi connectivity index (χ1n) is 6.01. The Morgan fingerprint density at radius 3 is 2.72 bits per heavy atom. The summed E-state index contributed by atoms with van der Waals surface area (Å²) in [7, 11) is 0. The zero-order valence-electron chi connectivity index (χ0n) is 11.3. The third-order valence-electron chi connectivity index (χ3n) is 2.56. The molecular formula is C14H19N3S. The molecular weight excluding hydrogens is 242 g/mol. The number of pyridine rings is 1. The minimum atomic E-state index is 0.240. The fourth-order valence-electron chi connectivity index (χ4n) is 1.83. The van der Waals surface area contributed by atoms with Crippen molar-refractivity contribution in [2.24, 2.45) is 5.41 Å². The lowest BCUT2D eigenvalue weighted by Crippen LogP contribution is -2.15. The maximum Gasteiger partial charge on any atom is 0.0935 e. The summed E-state index contributed by atoms with van der Waals surface area (Å²) in [5.41, 5.74) is 2.42. The van der Waals surface area contributed by atoms with Gasteiger partial charge in [0.1, 0.15) is 0 Å². The lowest BCUT2D eigenvalue weighted by molar-refractivity contribution is 0.326. The van der Waals surface area contributed by atoms with E-state index in [-0.39, 0.29) is 5.41 Å². The Morgan fingerprint density at radius 2 is 2.06 bits per heavy atom. The second kappa shape index (κ2) is 5.14. The molecule has 0 saturated heterocycles. The van der Waals surface area contributed by atoms with Gasteiger partial charge in [0.25, 0.3) is 0 Å². The third kappa shape index (κ3) is 3.13. The predicted octanol–water partition coefficient (Wildman–Crippen LogP) is 3.71. The van der Waals surface area contributed by atoms with Crippen LogP contribution in [0.3, 0.4) is 0 Å². The monoisotopic (exact) mass is 261 g/mol. The topological polar surface area (TPSA) is 30.7 Å². The predicted molar refractivity (Wildman–Crippen MR) is 76.7 cm³/mol. The molecule has 0 unspecified atom stereocenters. The van der Waals surface area contributed by atoms with Gasteiger partial charge in [-0.25, -0.2) is 0 Å². The molecule has 2 heterocycles. The van der Waals surface area contributed by atoms with E-state index >= 15 is 0 Å². The minimum absolute atomic E-state index is 0.240. The molecule has 0 saturated carbocycles. The van der Waals surface area contributed by atoms with Crippen LogP contribution < -0.4 is 0 Å². The molecule has 0 fully saturated rings. The van der Waals surface area contributed by atoms with Gasteiger partial charge in [-0.2, -0.15) is 5.10 Å². The third-order valence-corrected chi connectivity index (χ3v) is 3.32. The number of thioether (sulfide) groups is 1. The van der Waals surface area contributed by atoms with Gasteiger partial charge in [-0.3, -0.25) is 9.67 Å². The van der Waals surface area contributed by atoms with Crippen molar-refractivity contribution in [2.75, 3.05) is 6.26 Å². The molecule has 3 nitrogen and oxygen atoms in total. The van der Waals surface area contributed by atoms with Crippen LogP contribution in [0.25, 0.3) is 11.3 Å². The molecule has 0 aliphatic rings. The number of aromatic nitrogens is 3. The van der Waals surface area contributed by atoms with E-state index in [0.717, 1.165) is 17.8 Å². The maximum absolute atomic E-state index is 4.65. The summed E-state index contributed by atoms with van der Waals surface area (Å²) in [4.78, 5) is 5.32. The maximum atomic E-state index is 4.65. The van der Waals surface area contributed by atoms with E-state index in [1.54, 1.807) is 11.8 Å². The van der Waals surface area contributed by atoms with Gasteiger partial charge in [0.05, 0.1) is 5.69 Å². The average Bonchev–Trinajstić information content (AvgIpc) is 2.75. The first-order valence-corrected chi connectivity index (χ1v) is 7.24. The summed E-state index contributed by atoms with van der Waals surface area (Å²) in [5.74, 6) is 0. The summed E-state index contributed by atoms with van der Waals surface area (Å²) < 4.78 is 2.01. The molecule has 2 aromatic heterocycles. The van der Waals surface area contributed by atoms with Crippen molar-refractivity contribution in [3.8, 4) is 11.3 Å². The van der Waals surface area contributed by atoms with E-state index in [1.807, 2.05) is 29.3 Å². The van der Waals surface area contributed by atoms with Gasteiger partial charge in [0.15, 0.2) is 0 Å². The zero-order valence-corrected chi connectivity index (χ0v) is 12.2. The molecule has 2 aromatic rings. The number of hydrogen-bond donors (Lipinski definition) is 0. The van der Waals surface area contributed by atoms with Crippen molar-refractivity contribution in [3.05, 3.63) is 30.7 Å². The normalized spacial score (nSPS) is 11.8. The molecule has 0 amide bonds. The molecule has 0 atom stereocenters. The van der Waals surface area contributed by atoms with Crippen molar-refractivity contribution in [1.82, 2.24) is 14.8 Å². The SMILES string of the molecule is CSc1cnccc1-c1ccn(CC(C)(C)C)n1. The highest BCUT2D eigenvalue weighted by Gasteiger charge is 2.13. The Morgan fingerprint density at radius 1 is 1.28 bits per heavy atom. The van der Waals surface area contributed by atoms with Crippen LogP contribution in [0.4, 0.5) is 0 Å². The number of hydrogen-bond acceptors (Lipinski definition) is 3. The molecule has 4 heteroatoms. The molecule has 96 valence electrons. The summed E-state index contributed by atoms with van der Waals surface area (Å²) in [6.45, 7) is 7.57. The van der Waals surface area contributed by atoms with Gasteiger partial charge in [0.2, 0.25) is 0 Å². The Hall–Kier alpha value is -1.29. The van der Waals surface area contributed by atoms with Crippen molar-refractivity contribution >= 4 is 11.8 Å². The van der Waals surface area contributed by atoms with Crippen molar-refractivity contribution < 1.29 is 0 Å². The van der Waals surface area contributed by atoms with Crippen molar-refractivity contribution in [2.45, 2.75) is 32.2 Å². The molecule has 0 N–H and O–H groups in total. The van der Waals surface area contributed by atoms with Crippen LogP contribution in [0.5, 0.6) is 0 Å². The highest BCUT2D eigenvalue weighted by atomic mass is 32.2. The van der Waals surface area contributed by atoms with Crippen LogP contribution in [0.1, 0.15) is 20.8 Å². The summed E-state index contributed by atoms with van der Waals surface area (Å²) >= 11 is 1.70. The van der Waals surface area contributed by atoms with Gasteiger partial charge >= 0.3 is 0 Å². The van der Waals surface area contributed by atoms with Crippen LogP contribution in [0, 0.1) is 5.41 Å². The molecule has 0 aliphatic carbocycles. The molecule has 0 aromatic carbocycles. The number of rotatable bonds is 3. The zero-order chi connectivity index (χ0) is 13.2. The van der Waals surface area contributed by atoms with E-state index < -0.39 is 0 Å². The van der Waals surface area contributed by atoms with Crippen molar-refractivity contribution in [1.29, 1.82) is 0 Å². The van der Waals surface area contributed by atoms with E-state index in [9.17, 15) is 0 Å². The molecule has 0 radical (unpaired) electrons. The summed E-state index contributed by atoms with van der Waals surface area (Å²) in [6, 6.07) is 4.09. The minimum Gasteiger partial charge on any atom is -0.272 e. The molecule has 0 spiro atoms. The van der Waals surface area contributed by atoms with Gasteiger partial charge < -0.3 is 0 Å². The number of nitrogens with zero attached hydrogens (tertiary/aromatic N) is 3. The molecule has 18 heavy (non-hydrogen) atoms. The second-order valence-corrected chi connectivity index (χ2v) is 6.38. The average molecular weight is 261 g/mol. The lowest BCUT2D eigenvalue weighted by Gasteiger charge is -2.17. The highest BCUT2D eigenvalue weighted by Crippen LogP contribution is 2.28. The smallest absolute Gasteiger partial charge is 0.0935 e. The second-order valence-electron chi connectivity index (χ2n) is 5.54.